The molecule has 0 aromatic heterocycles. The van der Waals surface area contributed by atoms with E-state index in [0.717, 1.165) is 31.7 Å². The summed E-state index contributed by atoms with van der Waals surface area (Å²) in [6.07, 6.45) is 0. The van der Waals surface area contributed by atoms with Gasteiger partial charge in [-0.1, -0.05) is 42.0 Å². The molecule has 340 valence electrons. The maximum atomic E-state index is 12.0. The molecule has 14 nitrogen and oxygen atoms in total. The van der Waals surface area contributed by atoms with Crippen LogP contribution in [0, 0.1) is 20.8 Å². The Bertz CT molecular complexity index is 1580. The molecule has 0 unspecified atom stereocenters. The van der Waals surface area contributed by atoms with Gasteiger partial charge in [-0.15, -0.1) is 0 Å². The summed E-state index contributed by atoms with van der Waals surface area (Å²) in [5.41, 5.74) is 5.96. The van der Waals surface area contributed by atoms with Gasteiger partial charge in [0.1, 0.15) is 0 Å². The van der Waals surface area contributed by atoms with E-state index >= 15 is 0 Å². The van der Waals surface area contributed by atoms with Gasteiger partial charge in [-0.2, -0.15) is 8.42 Å². The zero-order chi connectivity index (χ0) is 43.5. The number of aliphatic hydroxyl groups is 1. The highest BCUT2D eigenvalue weighted by atomic mass is 32.2. The van der Waals surface area contributed by atoms with E-state index in [4.69, 9.17) is 47.2 Å². The number of ether oxygens (including phenoxy) is 8. The summed E-state index contributed by atoms with van der Waals surface area (Å²) >= 11 is 0. The van der Waals surface area contributed by atoms with Gasteiger partial charge in [0.05, 0.1) is 124 Å². The zero-order valence-electron chi connectivity index (χ0n) is 36.7. The number of nitrogens with zero attached hydrogens (tertiary/aromatic N) is 2. The van der Waals surface area contributed by atoms with Crippen molar-refractivity contribution in [1.29, 1.82) is 0 Å². The molecule has 0 heterocycles. The standard InChI is InChI=1S/C26H39NO7S.C19H33NO5/c1-4-27(25-7-5-6-24(3)22-25)12-13-30-14-15-31-16-17-32-18-19-33-20-21-34-35(28,29)26-10-8-23(2)9-11-26;1-3-20(19-6-4-5-18(2)17-19)7-9-22-11-13-24-15-16-25-14-12-23-10-8-21/h5-11,22H,4,12-21H2,1-3H3;4-6,17,21H,3,7-16H2,1-2H3. The third-order valence-electron chi connectivity index (χ3n) is 8.75. The van der Waals surface area contributed by atoms with Crippen LogP contribution in [0.2, 0.25) is 0 Å². The summed E-state index contributed by atoms with van der Waals surface area (Å²) in [4.78, 5) is 4.74. The summed E-state index contributed by atoms with van der Waals surface area (Å²) in [5, 5.41) is 8.54. The fourth-order valence-electron chi connectivity index (χ4n) is 5.50. The fraction of sp³-hybridized carbons (Fsp3) is 0.600. The lowest BCUT2D eigenvalue weighted by molar-refractivity contribution is -0.00488. The van der Waals surface area contributed by atoms with Crippen molar-refractivity contribution < 1.29 is 55.6 Å². The molecule has 0 saturated heterocycles. The van der Waals surface area contributed by atoms with Gasteiger partial charge < -0.3 is 52.8 Å². The van der Waals surface area contributed by atoms with Crippen LogP contribution in [0.15, 0.2) is 77.7 Å². The first-order chi connectivity index (χ1) is 29.2. The van der Waals surface area contributed by atoms with Crippen molar-refractivity contribution in [2.24, 2.45) is 0 Å². The molecule has 0 fully saturated rings. The molecule has 0 aliphatic carbocycles. The lowest BCUT2D eigenvalue weighted by Gasteiger charge is -2.23. The first-order valence-corrected chi connectivity index (χ1v) is 22.4. The molecule has 3 rings (SSSR count). The molecule has 1 N–H and O–H groups in total. The normalized spacial score (nSPS) is 11.4. The third kappa shape index (κ3) is 25.6. The maximum Gasteiger partial charge on any atom is 0.297 e. The van der Waals surface area contributed by atoms with Crippen molar-refractivity contribution in [3.63, 3.8) is 0 Å². The topological polar surface area (TPSA) is 144 Å². The Kier molecular flexibility index (Phi) is 30.4. The minimum Gasteiger partial charge on any atom is -0.394 e. The maximum absolute atomic E-state index is 12.0. The highest BCUT2D eigenvalue weighted by Crippen LogP contribution is 2.17. The highest BCUT2D eigenvalue weighted by Gasteiger charge is 2.14. The number of likely N-dealkylation sites (N-methyl/N-ethyl adjacent to an activating group) is 2. The van der Waals surface area contributed by atoms with Crippen LogP contribution in [0.3, 0.4) is 0 Å². The van der Waals surface area contributed by atoms with E-state index in [0.29, 0.717) is 99.1 Å². The zero-order valence-corrected chi connectivity index (χ0v) is 37.5. The molecule has 3 aromatic rings. The smallest absolute Gasteiger partial charge is 0.297 e. The first-order valence-electron chi connectivity index (χ1n) is 21.0. The fourth-order valence-corrected chi connectivity index (χ4v) is 6.40. The summed E-state index contributed by atoms with van der Waals surface area (Å²) < 4.78 is 72.5. The van der Waals surface area contributed by atoms with Gasteiger partial charge in [-0.05, 0) is 82.1 Å². The molecule has 0 aliphatic rings. The number of hydrogen-bond donors (Lipinski definition) is 1. The molecular weight excluding hydrogens is 793 g/mol. The second-order valence-corrected chi connectivity index (χ2v) is 15.2. The van der Waals surface area contributed by atoms with Gasteiger partial charge in [0.2, 0.25) is 0 Å². The SMILES string of the molecule is CCN(CCOCCOCCOCCOCCO)c1cccc(C)c1.CCN(CCOCCOCCOCCOCCOS(=O)(=O)c1ccc(C)cc1)c1cccc(C)c1. The van der Waals surface area contributed by atoms with Crippen LogP contribution in [-0.2, 0) is 52.2 Å². The quantitative estimate of drug-likeness (QED) is 0.0589. The highest BCUT2D eigenvalue weighted by molar-refractivity contribution is 7.86. The second-order valence-electron chi connectivity index (χ2n) is 13.5. The van der Waals surface area contributed by atoms with Crippen LogP contribution in [0.4, 0.5) is 11.4 Å². The second kappa shape index (κ2) is 34.4. The average Bonchev–Trinajstić information content (AvgIpc) is 3.24. The molecule has 15 heteroatoms. The Morgan fingerprint density at radius 1 is 0.450 bits per heavy atom. The van der Waals surface area contributed by atoms with Gasteiger partial charge in [-0.3, -0.25) is 4.18 Å². The van der Waals surface area contributed by atoms with E-state index in [1.165, 1.54) is 34.6 Å². The van der Waals surface area contributed by atoms with Gasteiger partial charge in [0, 0.05) is 37.6 Å². The van der Waals surface area contributed by atoms with E-state index in [1.807, 2.05) is 6.92 Å². The van der Waals surface area contributed by atoms with Gasteiger partial charge in [0.15, 0.2) is 0 Å². The predicted octanol–water partition coefficient (Wildman–Crippen LogP) is 5.48. The molecule has 0 aliphatic heterocycles. The van der Waals surface area contributed by atoms with Crippen LogP contribution in [0.25, 0.3) is 0 Å². The Morgan fingerprint density at radius 3 is 1.15 bits per heavy atom. The number of aryl methyl sites for hydroxylation is 3. The van der Waals surface area contributed by atoms with Gasteiger partial charge in [-0.25, -0.2) is 0 Å². The predicted molar refractivity (Wildman–Crippen MR) is 236 cm³/mol. The van der Waals surface area contributed by atoms with Crippen LogP contribution >= 0.6 is 0 Å². The average molecular weight is 865 g/mol. The van der Waals surface area contributed by atoms with E-state index in [2.05, 4.69) is 86.0 Å². The van der Waals surface area contributed by atoms with E-state index < -0.39 is 10.1 Å². The molecular formula is C45H72N2O12S. The largest absolute Gasteiger partial charge is 0.394 e. The Labute approximate surface area is 360 Å². The molecule has 60 heavy (non-hydrogen) atoms. The van der Waals surface area contributed by atoms with Crippen molar-refractivity contribution in [1.82, 2.24) is 0 Å². The third-order valence-corrected chi connectivity index (χ3v) is 10.1. The van der Waals surface area contributed by atoms with Crippen molar-refractivity contribution in [2.45, 2.75) is 39.5 Å². The van der Waals surface area contributed by atoms with Crippen molar-refractivity contribution >= 4 is 21.5 Å². The van der Waals surface area contributed by atoms with E-state index in [9.17, 15) is 8.42 Å². The van der Waals surface area contributed by atoms with Gasteiger partial charge >= 0.3 is 0 Å². The van der Waals surface area contributed by atoms with Crippen molar-refractivity contribution in [3.05, 3.63) is 89.5 Å². The molecule has 3 aromatic carbocycles. The number of hydrogen-bond acceptors (Lipinski definition) is 14. The Hall–Kier alpha value is -3.19. The minimum absolute atomic E-state index is 0.0413. The lowest BCUT2D eigenvalue weighted by Crippen LogP contribution is -2.27. The lowest BCUT2D eigenvalue weighted by atomic mass is 10.2. The molecule has 0 saturated carbocycles. The Balaban J connectivity index is 0.000000438. The minimum atomic E-state index is -3.75. The number of anilines is 2. The van der Waals surface area contributed by atoms with Crippen LogP contribution in [0.1, 0.15) is 30.5 Å². The Morgan fingerprint density at radius 2 is 0.800 bits per heavy atom. The number of aliphatic hydroxyl groups excluding tert-OH is 1. The molecule has 0 atom stereocenters. The van der Waals surface area contributed by atoms with Crippen molar-refractivity contribution in [2.75, 3.05) is 155 Å². The van der Waals surface area contributed by atoms with Crippen molar-refractivity contribution in [3.8, 4) is 0 Å². The van der Waals surface area contributed by atoms with E-state index in [-0.39, 0.29) is 24.7 Å². The van der Waals surface area contributed by atoms with Crippen LogP contribution in [0.5, 0.6) is 0 Å². The number of benzene rings is 3. The van der Waals surface area contributed by atoms with Gasteiger partial charge in [0.25, 0.3) is 10.1 Å². The molecule has 0 spiro atoms. The number of rotatable bonds is 35. The summed E-state index contributed by atoms with van der Waals surface area (Å²) in [6, 6.07) is 23.5. The molecule has 0 radical (unpaired) electrons. The summed E-state index contributed by atoms with van der Waals surface area (Å²) in [6.45, 7) is 21.9. The molecule has 0 bridgehead atoms. The monoisotopic (exact) mass is 864 g/mol. The summed E-state index contributed by atoms with van der Waals surface area (Å²) in [7, 11) is -3.75. The summed E-state index contributed by atoms with van der Waals surface area (Å²) in [5.74, 6) is 0. The molecule has 0 amide bonds. The van der Waals surface area contributed by atoms with Crippen LogP contribution < -0.4 is 9.80 Å². The van der Waals surface area contributed by atoms with E-state index in [1.54, 1.807) is 12.1 Å². The van der Waals surface area contributed by atoms with Crippen LogP contribution in [-0.4, -0.2) is 159 Å². The first kappa shape index (κ1) is 52.9.